The van der Waals surface area contributed by atoms with Crippen LogP contribution in [0.25, 0.3) is 25.1 Å². The maximum Gasteiger partial charge on any atom is 0.187 e. The van der Waals surface area contributed by atoms with Crippen molar-refractivity contribution in [3.05, 3.63) is 78.1 Å². The van der Waals surface area contributed by atoms with Gasteiger partial charge in [0.05, 0.1) is 5.39 Å². The molecule has 4 aromatic rings. The van der Waals surface area contributed by atoms with E-state index in [-0.39, 0.29) is 5.82 Å². The average molecular weight is 315 g/mol. The fraction of sp³-hybridized carbons (Fsp3) is 0. The fourth-order valence-electron chi connectivity index (χ4n) is 2.73. The van der Waals surface area contributed by atoms with E-state index in [1.54, 1.807) is 12.1 Å². The molecule has 0 saturated heterocycles. The normalized spacial score (nSPS) is 12.2. The Morgan fingerprint density at radius 2 is 1.41 bits per heavy atom. The molecule has 1 atom stereocenters. The second-order valence-corrected chi connectivity index (χ2v) is 6.98. The minimum atomic E-state index is -0.863. The summed E-state index contributed by atoms with van der Waals surface area (Å²) < 4.78 is 42.4. The number of fused-ring (bicyclic) bond motifs is 3. The number of hydrogen-bond acceptors (Lipinski definition) is 0. The molecule has 0 amide bonds. The summed E-state index contributed by atoms with van der Waals surface area (Å²) in [5.41, 5.74) is 0. The van der Waals surface area contributed by atoms with Gasteiger partial charge in [0.25, 0.3) is 0 Å². The monoisotopic (exact) mass is 315 g/mol. The molecule has 3 aromatic carbocycles. The van der Waals surface area contributed by atoms with Gasteiger partial charge in [-0.2, -0.15) is 0 Å². The lowest BCUT2D eigenvalue weighted by Crippen LogP contribution is -1.82. The molecule has 1 aromatic heterocycles. The van der Waals surface area contributed by atoms with E-state index in [1.165, 1.54) is 18.2 Å². The zero-order valence-corrected chi connectivity index (χ0v) is 12.1. The van der Waals surface area contributed by atoms with Crippen LogP contribution in [0.1, 0.15) is 0 Å². The van der Waals surface area contributed by atoms with Crippen molar-refractivity contribution in [1.29, 1.82) is 0 Å². The van der Waals surface area contributed by atoms with Gasteiger partial charge >= 0.3 is 0 Å². The quantitative estimate of drug-likeness (QED) is 0.370. The molecule has 0 bridgehead atoms. The minimum absolute atomic E-state index is 0.302. The molecule has 0 saturated carbocycles. The Kier molecular flexibility index (Phi) is 2.94. The SMILES string of the molecule is Fc1ccc2c(c1)c1ccccc1[s+]2-c1ccc(F)c(F)c1. The van der Waals surface area contributed by atoms with Crippen molar-refractivity contribution >= 4 is 30.6 Å². The van der Waals surface area contributed by atoms with E-state index in [0.29, 0.717) is 4.90 Å². The highest BCUT2D eigenvalue weighted by atomic mass is 32.2. The molecule has 0 nitrogen and oxygen atoms in total. The summed E-state index contributed by atoms with van der Waals surface area (Å²) in [5, 5.41) is 1.77. The molecule has 0 aliphatic carbocycles. The summed E-state index contributed by atoms with van der Waals surface area (Å²) in [7, 11) is -0.541. The first-order valence-corrected chi connectivity index (χ1v) is 7.96. The Morgan fingerprint density at radius 1 is 0.636 bits per heavy atom. The summed E-state index contributed by atoms with van der Waals surface area (Å²) in [5.74, 6) is -2.03. The molecule has 0 aliphatic rings. The first-order chi connectivity index (χ1) is 10.6. The highest BCUT2D eigenvalue weighted by Gasteiger charge is 2.24. The minimum Gasteiger partial charge on any atom is -0.207 e. The molecule has 0 N–H and O–H groups in total. The van der Waals surface area contributed by atoms with Crippen LogP contribution in [-0.4, -0.2) is 0 Å². The van der Waals surface area contributed by atoms with Crippen molar-refractivity contribution in [1.82, 2.24) is 0 Å². The van der Waals surface area contributed by atoms with E-state index in [0.717, 1.165) is 26.2 Å². The first-order valence-electron chi connectivity index (χ1n) is 6.73. The standard InChI is InChI=1S/C18H10F3S/c19-11-5-8-18-14(9-11)13-3-1-2-4-17(13)22(18)12-6-7-15(20)16(21)10-12/h1-10H/q+1. The van der Waals surface area contributed by atoms with Gasteiger partial charge < -0.3 is 0 Å². The number of benzene rings is 3. The van der Waals surface area contributed by atoms with Crippen LogP contribution in [-0.2, 0) is 0 Å². The maximum atomic E-state index is 13.6. The first kappa shape index (κ1) is 13.3. The van der Waals surface area contributed by atoms with Gasteiger partial charge in [0.2, 0.25) is 0 Å². The van der Waals surface area contributed by atoms with Crippen LogP contribution < -0.4 is 0 Å². The largest absolute Gasteiger partial charge is 0.207 e. The van der Waals surface area contributed by atoms with Crippen molar-refractivity contribution < 1.29 is 13.2 Å². The van der Waals surface area contributed by atoms with E-state index in [4.69, 9.17) is 0 Å². The Balaban J connectivity index is 2.17. The van der Waals surface area contributed by atoms with Crippen LogP contribution in [0.4, 0.5) is 13.2 Å². The van der Waals surface area contributed by atoms with Gasteiger partial charge in [0.1, 0.15) is 5.82 Å². The second-order valence-electron chi connectivity index (χ2n) is 5.02. The lowest BCUT2D eigenvalue weighted by atomic mass is 10.1. The summed E-state index contributed by atoms with van der Waals surface area (Å²) in [6, 6.07) is 16.3. The van der Waals surface area contributed by atoms with Crippen molar-refractivity contribution in [2.24, 2.45) is 0 Å². The molecule has 1 unspecified atom stereocenters. The number of rotatable bonds is 1. The topological polar surface area (TPSA) is 0 Å². The Hall–Kier alpha value is -2.33. The summed E-state index contributed by atoms with van der Waals surface area (Å²) in [4.78, 5) is 0.691. The molecule has 0 fully saturated rings. The smallest absolute Gasteiger partial charge is 0.187 e. The van der Waals surface area contributed by atoms with Gasteiger partial charge in [-0.05, 0) is 30.3 Å². The number of halogens is 3. The molecule has 108 valence electrons. The molecular formula is C18H10F3S+. The van der Waals surface area contributed by atoms with Gasteiger partial charge in [-0.25, -0.2) is 13.2 Å². The zero-order chi connectivity index (χ0) is 15.3. The van der Waals surface area contributed by atoms with Crippen molar-refractivity contribution in [2.75, 3.05) is 0 Å². The summed E-state index contributed by atoms with van der Waals surface area (Å²) >= 11 is 0. The van der Waals surface area contributed by atoms with E-state index < -0.39 is 22.1 Å². The van der Waals surface area contributed by atoms with Crippen LogP contribution in [0.15, 0.2) is 60.7 Å². The lowest BCUT2D eigenvalue weighted by Gasteiger charge is -1.95. The maximum absolute atomic E-state index is 13.6. The highest BCUT2D eigenvalue weighted by Crippen LogP contribution is 2.48. The summed E-state index contributed by atoms with van der Waals surface area (Å²) in [6.07, 6.45) is 0. The van der Waals surface area contributed by atoms with E-state index in [1.807, 2.05) is 24.3 Å². The van der Waals surface area contributed by atoms with Gasteiger partial charge in [0.15, 0.2) is 25.9 Å². The lowest BCUT2D eigenvalue weighted by molar-refractivity contribution is 0.509. The molecule has 1 heterocycles. The highest BCUT2D eigenvalue weighted by molar-refractivity contribution is 7.50. The van der Waals surface area contributed by atoms with Crippen LogP contribution in [0.5, 0.6) is 0 Å². The third-order valence-electron chi connectivity index (χ3n) is 3.69. The number of thiophene rings is 1. The van der Waals surface area contributed by atoms with Crippen LogP contribution >= 0.6 is 10.5 Å². The second kappa shape index (κ2) is 4.85. The molecule has 4 rings (SSSR count). The van der Waals surface area contributed by atoms with Gasteiger partial charge in [-0.3, -0.25) is 0 Å². The van der Waals surface area contributed by atoms with E-state index in [2.05, 4.69) is 0 Å². The van der Waals surface area contributed by atoms with E-state index in [9.17, 15) is 13.2 Å². The Morgan fingerprint density at radius 3 is 2.23 bits per heavy atom. The van der Waals surface area contributed by atoms with Crippen LogP contribution in [0.2, 0.25) is 0 Å². The van der Waals surface area contributed by atoms with Gasteiger partial charge in [0, 0.05) is 34.1 Å². The van der Waals surface area contributed by atoms with Crippen LogP contribution in [0, 0.1) is 17.5 Å². The van der Waals surface area contributed by atoms with Gasteiger partial charge in [-0.15, -0.1) is 0 Å². The molecule has 0 radical (unpaired) electrons. The summed E-state index contributed by atoms with van der Waals surface area (Å²) in [6.45, 7) is 0. The predicted molar refractivity (Wildman–Crippen MR) is 85.1 cm³/mol. The number of hydrogen-bond donors (Lipinski definition) is 0. The zero-order valence-electron chi connectivity index (χ0n) is 11.3. The van der Waals surface area contributed by atoms with Crippen molar-refractivity contribution in [3.8, 4) is 4.90 Å². The van der Waals surface area contributed by atoms with Gasteiger partial charge in [-0.1, -0.05) is 12.1 Å². The third-order valence-corrected chi connectivity index (χ3v) is 6.00. The van der Waals surface area contributed by atoms with Crippen molar-refractivity contribution in [3.63, 3.8) is 0 Å². The molecule has 4 heteroatoms. The Bertz CT molecular complexity index is 1020. The van der Waals surface area contributed by atoms with Crippen molar-refractivity contribution in [2.45, 2.75) is 0 Å². The molecule has 22 heavy (non-hydrogen) atoms. The molecular weight excluding hydrogens is 305 g/mol. The van der Waals surface area contributed by atoms with E-state index >= 15 is 0 Å². The van der Waals surface area contributed by atoms with Crippen LogP contribution in [0.3, 0.4) is 0 Å². The third kappa shape index (κ3) is 1.91. The molecule has 0 aliphatic heterocycles. The average Bonchev–Trinajstić information content (AvgIpc) is 2.84. The Labute approximate surface area is 127 Å². The fourth-order valence-corrected chi connectivity index (χ4v) is 5.11. The predicted octanol–water partition coefficient (Wildman–Crippen LogP) is 6.15. The molecule has 0 spiro atoms.